The molecule has 0 atom stereocenters. The van der Waals surface area contributed by atoms with Crippen molar-refractivity contribution in [3.05, 3.63) is 69.9 Å². The number of carbonyl (C=O) groups is 1. The summed E-state index contributed by atoms with van der Waals surface area (Å²) >= 11 is 1.67. The summed E-state index contributed by atoms with van der Waals surface area (Å²) in [7, 11) is 0. The molecule has 1 aromatic carbocycles. The topological polar surface area (TPSA) is 20.3 Å². The standard InChI is InChI=1S/C17H19NOS/c1-4-7-18(12-16-6-5-8-20-16)17(19)15-10-13(2)9-14(3)11-15/h4-6,8-11H,1,7,12H2,2-3H3. The van der Waals surface area contributed by atoms with Gasteiger partial charge in [-0.25, -0.2) is 0 Å². The summed E-state index contributed by atoms with van der Waals surface area (Å²) in [6.45, 7) is 8.97. The van der Waals surface area contributed by atoms with Crippen molar-refractivity contribution in [2.45, 2.75) is 20.4 Å². The van der Waals surface area contributed by atoms with Crippen molar-refractivity contribution in [1.29, 1.82) is 0 Å². The van der Waals surface area contributed by atoms with Gasteiger partial charge in [-0.05, 0) is 37.4 Å². The summed E-state index contributed by atoms with van der Waals surface area (Å²) in [6.07, 6.45) is 1.77. The molecular formula is C17H19NOS. The van der Waals surface area contributed by atoms with Crippen LogP contribution in [0.3, 0.4) is 0 Å². The lowest BCUT2D eigenvalue weighted by molar-refractivity contribution is 0.0764. The second-order valence-electron chi connectivity index (χ2n) is 4.93. The van der Waals surface area contributed by atoms with Crippen LogP contribution >= 0.6 is 11.3 Å². The average molecular weight is 285 g/mol. The molecule has 0 radical (unpaired) electrons. The number of rotatable bonds is 5. The van der Waals surface area contributed by atoms with Gasteiger partial charge in [0.1, 0.15) is 0 Å². The Bertz CT molecular complexity index is 581. The monoisotopic (exact) mass is 285 g/mol. The molecule has 0 saturated heterocycles. The van der Waals surface area contributed by atoms with Gasteiger partial charge in [0.2, 0.25) is 0 Å². The zero-order chi connectivity index (χ0) is 14.5. The minimum absolute atomic E-state index is 0.0603. The molecule has 104 valence electrons. The number of amides is 1. The molecule has 1 amide bonds. The molecule has 0 fully saturated rings. The van der Waals surface area contributed by atoms with Crippen LogP contribution in [0.15, 0.2) is 48.4 Å². The fourth-order valence-corrected chi connectivity index (χ4v) is 2.97. The Labute approximate surface area is 124 Å². The number of hydrogen-bond acceptors (Lipinski definition) is 2. The van der Waals surface area contributed by atoms with E-state index in [2.05, 4.69) is 18.7 Å². The molecule has 1 aromatic heterocycles. The Kier molecular flexibility index (Phi) is 4.74. The Hall–Kier alpha value is -1.87. The van der Waals surface area contributed by atoms with Crippen LogP contribution in [0.1, 0.15) is 26.4 Å². The minimum atomic E-state index is 0.0603. The quantitative estimate of drug-likeness (QED) is 0.754. The lowest BCUT2D eigenvalue weighted by Crippen LogP contribution is -2.30. The number of nitrogens with zero attached hydrogens (tertiary/aromatic N) is 1. The molecule has 20 heavy (non-hydrogen) atoms. The van der Waals surface area contributed by atoms with E-state index in [0.29, 0.717) is 13.1 Å². The van der Waals surface area contributed by atoms with E-state index in [1.165, 1.54) is 4.88 Å². The Morgan fingerprint density at radius 3 is 2.55 bits per heavy atom. The number of thiophene rings is 1. The number of aryl methyl sites for hydroxylation is 2. The predicted octanol–water partition coefficient (Wildman–Crippen LogP) is 4.19. The molecule has 2 aromatic rings. The second kappa shape index (κ2) is 6.53. The van der Waals surface area contributed by atoms with Crippen molar-refractivity contribution in [3.8, 4) is 0 Å². The van der Waals surface area contributed by atoms with Crippen molar-refractivity contribution in [1.82, 2.24) is 4.90 Å². The summed E-state index contributed by atoms with van der Waals surface area (Å²) in [6, 6.07) is 10.0. The van der Waals surface area contributed by atoms with E-state index in [-0.39, 0.29) is 5.91 Å². The van der Waals surface area contributed by atoms with Crippen molar-refractivity contribution in [2.24, 2.45) is 0 Å². The molecule has 1 heterocycles. The molecule has 0 aliphatic carbocycles. The molecule has 0 spiro atoms. The maximum Gasteiger partial charge on any atom is 0.254 e. The first-order valence-electron chi connectivity index (χ1n) is 6.61. The van der Waals surface area contributed by atoms with Gasteiger partial charge in [-0.1, -0.05) is 29.3 Å². The summed E-state index contributed by atoms with van der Waals surface area (Å²) in [5.41, 5.74) is 2.98. The smallest absolute Gasteiger partial charge is 0.254 e. The van der Waals surface area contributed by atoms with Crippen LogP contribution in [-0.2, 0) is 6.54 Å². The fourth-order valence-electron chi connectivity index (χ4n) is 2.25. The maximum absolute atomic E-state index is 12.6. The molecule has 3 heteroatoms. The van der Waals surface area contributed by atoms with Gasteiger partial charge in [0.15, 0.2) is 0 Å². The first-order chi connectivity index (χ1) is 9.60. The van der Waals surface area contributed by atoms with Crippen LogP contribution in [0.2, 0.25) is 0 Å². The van der Waals surface area contributed by atoms with Gasteiger partial charge in [0.25, 0.3) is 5.91 Å². The first-order valence-corrected chi connectivity index (χ1v) is 7.49. The summed E-state index contributed by atoms with van der Waals surface area (Å²) < 4.78 is 0. The van der Waals surface area contributed by atoms with Crippen molar-refractivity contribution < 1.29 is 4.79 Å². The van der Waals surface area contributed by atoms with E-state index >= 15 is 0 Å². The Morgan fingerprint density at radius 1 is 1.30 bits per heavy atom. The first kappa shape index (κ1) is 14.5. The zero-order valence-corrected chi connectivity index (χ0v) is 12.7. The van der Waals surface area contributed by atoms with Crippen LogP contribution in [0.25, 0.3) is 0 Å². The van der Waals surface area contributed by atoms with E-state index in [1.54, 1.807) is 17.4 Å². The van der Waals surface area contributed by atoms with Gasteiger partial charge in [-0.15, -0.1) is 17.9 Å². The zero-order valence-electron chi connectivity index (χ0n) is 11.9. The minimum Gasteiger partial charge on any atom is -0.330 e. The lowest BCUT2D eigenvalue weighted by Gasteiger charge is -2.21. The summed E-state index contributed by atoms with van der Waals surface area (Å²) in [4.78, 5) is 15.7. The number of hydrogen-bond donors (Lipinski definition) is 0. The molecule has 0 unspecified atom stereocenters. The highest BCUT2D eigenvalue weighted by atomic mass is 32.1. The molecular weight excluding hydrogens is 266 g/mol. The van der Waals surface area contributed by atoms with Crippen LogP contribution in [0.5, 0.6) is 0 Å². The highest BCUT2D eigenvalue weighted by Crippen LogP contribution is 2.16. The summed E-state index contributed by atoms with van der Waals surface area (Å²) in [5.74, 6) is 0.0603. The summed E-state index contributed by atoms with van der Waals surface area (Å²) in [5, 5.41) is 2.03. The average Bonchev–Trinajstić information content (AvgIpc) is 2.89. The molecule has 0 bridgehead atoms. The molecule has 0 N–H and O–H groups in total. The van der Waals surface area contributed by atoms with Crippen molar-refractivity contribution >= 4 is 17.2 Å². The third-order valence-electron chi connectivity index (χ3n) is 3.03. The second-order valence-corrected chi connectivity index (χ2v) is 5.96. The Morgan fingerprint density at radius 2 is 2.00 bits per heavy atom. The van der Waals surface area contributed by atoms with E-state index in [0.717, 1.165) is 16.7 Å². The number of carbonyl (C=O) groups excluding carboxylic acids is 1. The van der Waals surface area contributed by atoms with Crippen LogP contribution in [0, 0.1) is 13.8 Å². The van der Waals surface area contributed by atoms with Gasteiger partial charge in [0, 0.05) is 17.0 Å². The molecule has 0 aliphatic heterocycles. The van der Waals surface area contributed by atoms with Gasteiger partial charge in [-0.2, -0.15) is 0 Å². The fraction of sp³-hybridized carbons (Fsp3) is 0.235. The van der Waals surface area contributed by atoms with Crippen LogP contribution in [-0.4, -0.2) is 17.4 Å². The van der Waals surface area contributed by atoms with E-state index in [4.69, 9.17) is 0 Å². The van der Waals surface area contributed by atoms with Crippen LogP contribution < -0.4 is 0 Å². The number of benzene rings is 1. The largest absolute Gasteiger partial charge is 0.330 e. The third kappa shape index (κ3) is 3.58. The van der Waals surface area contributed by atoms with E-state index < -0.39 is 0 Å². The molecule has 2 nitrogen and oxygen atoms in total. The van der Waals surface area contributed by atoms with Crippen molar-refractivity contribution in [3.63, 3.8) is 0 Å². The highest BCUT2D eigenvalue weighted by Gasteiger charge is 2.16. The van der Waals surface area contributed by atoms with E-state index in [9.17, 15) is 4.79 Å². The lowest BCUT2D eigenvalue weighted by atomic mass is 10.1. The van der Waals surface area contributed by atoms with Crippen LogP contribution in [0.4, 0.5) is 0 Å². The van der Waals surface area contributed by atoms with E-state index in [1.807, 2.05) is 42.3 Å². The van der Waals surface area contributed by atoms with Gasteiger partial charge in [0.05, 0.1) is 6.54 Å². The van der Waals surface area contributed by atoms with Gasteiger partial charge < -0.3 is 4.90 Å². The van der Waals surface area contributed by atoms with Gasteiger partial charge in [-0.3, -0.25) is 4.79 Å². The SMILES string of the molecule is C=CCN(Cc1cccs1)C(=O)c1cc(C)cc(C)c1. The van der Waals surface area contributed by atoms with Gasteiger partial charge >= 0.3 is 0 Å². The predicted molar refractivity (Wildman–Crippen MR) is 85.2 cm³/mol. The third-order valence-corrected chi connectivity index (χ3v) is 3.89. The molecule has 0 aliphatic rings. The maximum atomic E-state index is 12.6. The normalized spacial score (nSPS) is 10.3. The Balaban J connectivity index is 2.23. The molecule has 0 saturated carbocycles. The van der Waals surface area contributed by atoms with Crippen molar-refractivity contribution in [2.75, 3.05) is 6.54 Å². The molecule has 2 rings (SSSR count). The highest BCUT2D eigenvalue weighted by molar-refractivity contribution is 7.09.